The molecule has 0 aromatic carbocycles. The summed E-state index contributed by atoms with van der Waals surface area (Å²) in [6, 6.07) is 3.93. The zero-order chi connectivity index (χ0) is 8.81. The van der Waals surface area contributed by atoms with E-state index in [1.165, 1.54) is 4.88 Å². The average molecular weight is 206 g/mol. The predicted octanol–water partition coefficient (Wildman–Crippen LogP) is 1.92. The molecule has 0 aliphatic carbocycles. The summed E-state index contributed by atoms with van der Waals surface area (Å²) in [5.74, 6) is 0. The lowest BCUT2D eigenvalue weighted by Crippen LogP contribution is -2.09. The van der Waals surface area contributed by atoms with Crippen LogP contribution in [0.5, 0.6) is 0 Å². The van der Waals surface area contributed by atoms with Crippen LogP contribution in [0.4, 0.5) is 0 Å². The van der Waals surface area contributed by atoms with Crippen LogP contribution in [-0.2, 0) is 11.2 Å². The van der Waals surface area contributed by atoms with Crippen molar-refractivity contribution in [2.45, 2.75) is 6.42 Å². The van der Waals surface area contributed by atoms with Crippen molar-refractivity contribution < 1.29 is 4.74 Å². The quantitative estimate of drug-likeness (QED) is 0.746. The van der Waals surface area contributed by atoms with Gasteiger partial charge >= 0.3 is 0 Å². The van der Waals surface area contributed by atoms with E-state index in [1.54, 1.807) is 11.3 Å². The molecular weight excluding hydrogens is 194 g/mol. The molecule has 0 unspecified atom stereocenters. The number of hydrogen-bond acceptors (Lipinski definition) is 3. The molecule has 2 N–H and O–H groups in total. The molecule has 68 valence electrons. The molecule has 0 radical (unpaired) electrons. The maximum Gasteiger partial charge on any atom is 0.0931 e. The van der Waals surface area contributed by atoms with Crippen molar-refractivity contribution in [3.8, 4) is 0 Å². The first kappa shape index (κ1) is 9.99. The van der Waals surface area contributed by atoms with Crippen LogP contribution >= 0.6 is 22.9 Å². The van der Waals surface area contributed by atoms with Crippen LogP contribution in [0.25, 0.3) is 0 Å². The van der Waals surface area contributed by atoms with Crippen molar-refractivity contribution in [3.05, 3.63) is 21.3 Å². The number of hydrogen-bond donors (Lipinski definition) is 1. The zero-order valence-electron chi connectivity index (χ0n) is 6.75. The van der Waals surface area contributed by atoms with Gasteiger partial charge in [-0.1, -0.05) is 11.6 Å². The maximum absolute atomic E-state index is 5.76. The Bertz CT molecular complexity index is 227. The monoisotopic (exact) mass is 205 g/mol. The highest BCUT2D eigenvalue weighted by Crippen LogP contribution is 2.21. The Kier molecular flexibility index (Phi) is 4.61. The van der Waals surface area contributed by atoms with Crippen molar-refractivity contribution in [2.75, 3.05) is 19.8 Å². The molecule has 12 heavy (non-hydrogen) atoms. The van der Waals surface area contributed by atoms with Crippen molar-refractivity contribution in [2.24, 2.45) is 5.73 Å². The minimum Gasteiger partial charge on any atom is -0.380 e. The lowest BCUT2D eigenvalue weighted by molar-refractivity contribution is 0.145. The van der Waals surface area contributed by atoms with Gasteiger partial charge in [0.05, 0.1) is 17.6 Å². The Morgan fingerprint density at radius 2 is 2.25 bits per heavy atom. The summed E-state index contributed by atoms with van der Waals surface area (Å²) in [6.45, 7) is 1.96. The summed E-state index contributed by atoms with van der Waals surface area (Å²) in [5.41, 5.74) is 5.27. The molecule has 1 rings (SSSR count). The van der Waals surface area contributed by atoms with E-state index in [9.17, 15) is 0 Å². The van der Waals surface area contributed by atoms with E-state index in [2.05, 4.69) is 0 Å². The van der Waals surface area contributed by atoms with Crippen LogP contribution in [-0.4, -0.2) is 19.8 Å². The molecule has 2 nitrogen and oxygen atoms in total. The molecule has 0 spiro atoms. The van der Waals surface area contributed by atoms with Gasteiger partial charge in [-0.25, -0.2) is 0 Å². The number of halogens is 1. The molecule has 0 aliphatic heterocycles. The van der Waals surface area contributed by atoms with Crippen LogP contribution in [0.15, 0.2) is 12.1 Å². The van der Waals surface area contributed by atoms with Crippen molar-refractivity contribution >= 4 is 22.9 Å². The first-order valence-corrected chi connectivity index (χ1v) is 5.04. The fourth-order valence-electron chi connectivity index (χ4n) is 0.844. The van der Waals surface area contributed by atoms with Gasteiger partial charge in [-0.15, -0.1) is 11.3 Å². The molecule has 0 aliphatic rings. The summed E-state index contributed by atoms with van der Waals surface area (Å²) in [5, 5.41) is 0. The van der Waals surface area contributed by atoms with Gasteiger partial charge < -0.3 is 10.5 Å². The normalized spacial score (nSPS) is 10.5. The minimum absolute atomic E-state index is 0.588. The molecule has 0 bridgehead atoms. The second-order valence-corrected chi connectivity index (χ2v) is 4.16. The SMILES string of the molecule is NCCOCCc1ccc(Cl)s1. The van der Waals surface area contributed by atoms with E-state index < -0.39 is 0 Å². The number of thiophene rings is 1. The second-order valence-electron chi connectivity index (χ2n) is 2.36. The summed E-state index contributed by atoms with van der Waals surface area (Å²) < 4.78 is 6.07. The van der Waals surface area contributed by atoms with Gasteiger partial charge in [-0.3, -0.25) is 0 Å². The standard InChI is InChI=1S/C8H12ClNOS/c9-8-2-1-7(12-8)3-5-11-6-4-10/h1-2H,3-6,10H2. The van der Waals surface area contributed by atoms with Gasteiger partial charge in [0.1, 0.15) is 0 Å². The zero-order valence-corrected chi connectivity index (χ0v) is 8.33. The molecule has 0 saturated heterocycles. The largest absolute Gasteiger partial charge is 0.380 e. The summed E-state index contributed by atoms with van der Waals surface area (Å²) >= 11 is 7.36. The predicted molar refractivity (Wildman–Crippen MR) is 52.9 cm³/mol. The van der Waals surface area contributed by atoms with Gasteiger partial charge in [0.25, 0.3) is 0 Å². The van der Waals surface area contributed by atoms with Gasteiger partial charge in [-0.2, -0.15) is 0 Å². The van der Waals surface area contributed by atoms with E-state index in [0.717, 1.165) is 17.4 Å². The Labute approximate surface area is 81.3 Å². The first-order valence-electron chi connectivity index (χ1n) is 3.85. The summed E-state index contributed by atoms with van der Waals surface area (Å²) in [6.07, 6.45) is 0.928. The van der Waals surface area contributed by atoms with Crippen LogP contribution in [0, 0.1) is 0 Å². The van der Waals surface area contributed by atoms with Crippen LogP contribution in [0.1, 0.15) is 4.88 Å². The molecule has 0 saturated carbocycles. The molecule has 4 heteroatoms. The van der Waals surface area contributed by atoms with Crippen LogP contribution in [0.2, 0.25) is 4.34 Å². The van der Waals surface area contributed by atoms with E-state index >= 15 is 0 Å². The minimum atomic E-state index is 0.588. The van der Waals surface area contributed by atoms with Gasteiger partial charge in [0.15, 0.2) is 0 Å². The fraction of sp³-hybridized carbons (Fsp3) is 0.500. The first-order chi connectivity index (χ1) is 5.83. The van der Waals surface area contributed by atoms with E-state index in [1.807, 2.05) is 12.1 Å². The van der Waals surface area contributed by atoms with E-state index in [0.29, 0.717) is 13.2 Å². The highest BCUT2D eigenvalue weighted by atomic mass is 35.5. The third-order valence-corrected chi connectivity index (χ3v) is 2.67. The molecule has 1 aromatic heterocycles. The smallest absolute Gasteiger partial charge is 0.0931 e. The lowest BCUT2D eigenvalue weighted by Gasteiger charge is -1.99. The topological polar surface area (TPSA) is 35.2 Å². The Morgan fingerprint density at radius 3 is 2.83 bits per heavy atom. The van der Waals surface area contributed by atoms with Gasteiger partial charge in [0, 0.05) is 17.8 Å². The number of rotatable bonds is 5. The van der Waals surface area contributed by atoms with Crippen LogP contribution in [0.3, 0.4) is 0 Å². The third kappa shape index (κ3) is 3.54. The average Bonchev–Trinajstić information content (AvgIpc) is 2.45. The highest BCUT2D eigenvalue weighted by Gasteiger charge is 1.96. The van der Waals surface area contributed by atoms with Crippen molar-refractivity contribution in [1.82, 2.24) is 0 Å². The Morgan fingerprint density at radius 1 is 1.42 bits per heavy atom. The number of ether oxygens (including phenoxy) is 1. The third-order valence-electron chi connectivity index (χ3n) is 1.38. The summed E-state index contributed by atoms with van der Waals surface area (Å²) in [4.78, 5) is 1.26. The molecule has 0 atom stereocenters. The van der Waals surface area contributed by atoms with E-state index in [-0.39, 0.29) is 0 Å². The molecular formula is C8H12ClNOS. The summed E-state index contributed by atoms with van der Waals surface area (Å²) in [7, 11) is 0. The second kappa shape index (κ2) is 5.54. The van der Waals surface area contributed by atoms with Crippen molar-refractivity contribution in [3.63, 3.8) is 0 Å². The van der Waals surface area contributed by atoms with Gasteiger partial charge in [0.2, 0.25) is 0 Å². The maximum atomic E-state index is 5.76. The van der Waals surface area contributed by atoms with Gasteiger partial charge in [-0.05, 0) is 12.1 Å². The Hall–Kier alpha value is -0.0900. The molecule has 0 amide bonds. The molecule has 1 heterocycles. The van der Waals surface area contributed by atoms with Crippen LogP contribution < -0.4 is 5.73 Å². The highest BCUT2D eigenvalue weighted by molar-refractivity contribution is 7.16. The molecule has 0 fully saturated rings. The van der Waals surface area contributed by atoms with Crippen molar-refractivity contribution in [1.29, 1.82) is 0 Å². The number of nitrogens with two attached hydrogens (primary N) is 1. The Balaban J connectivity index is 2.15. The fourth-order valence-corrected chi connectivity index (χ4v) is 1.91. The molecule has 1 aromatic rings. The van der Waals surface area contributed by atoms with E-state index in [4.69, 9.17) is 22.1 Å². The lowest BCUT2D eigenvalue weighted by atomic mass is 10.4.